The van der Waals surface area contributed by atoms with Crippen LogP contribution < -0.4 is 5.32 Å². The zero-order valence-electron chi connectivity index (χ0n) is 16.9. The lowest BCUT2D eigenvalue weighted by Gasteiger charge is -2.62. The Morgan fingerprint density at radius 1 is 0.840 bits per heavy atom. The first-order valence-corrected chi connectivity index (χ1v) is 11.5. The summed E-state index contributed by atoms with van der Waals surface area (Å²) in [5.74, 6) is 3.69. The number of unbranched alkanes of at least 4 members (excludes halogenated alkanes) is 7. The Kier molecular flexibility index (Phi) is 7.26. The van der Waals surface area contributed by atoms with Crippen molar-refractivity contribution >= 4 is 0 Å². The van der Waals surface area contributed by atoms with Crippen molar-refractivity contribution in [3.63, 3.8) is 0 Å². The predicted molar refractivity (Wildman–Crippen MR) is 107 cm³/mol. The van der Waals surface area contributed by atoms with Crippen LogP contribution in [0.1, 0.15) is 103 Å². The number of hydrogen-bond acceptors (Lipinski definition) is 2. The minimum atomic E-state index is -0.0925. The van der Waals surface area contributed by atoms with Crippen molar-refractivity contribution in [1.29, 1.82) is 0 Å². The molecule has 4 rings (SSSR count). The highest BCUT2D eigenvalue weighted by Gasteiger charge is 2.56. The average Bonchev–Trinajstić information content (AvgIpc) is 2.60. The molecular formula is C23H43NO. The second-order valence-corrected chi connectivity index (χ2v) is 9.72. The molecule has 1 unspecified atom stereocenters. The monoisotopic (exact) mass is 349 g/mol. The van der Waals surface area contributed by atoms with Crippen molar-refractivity contribution in [3.05, 3.63) is 0 Å². The summed E-state index contributed by atoms with van der Waals surface area (Å²) in [4.78, 5) is 0. The van der Waals surface area contributed by atoms with Crippen LogP contribution in [0.15, 0.2) is 0 Å². The molecule has 4 aliphatic rings. The lowest BCUT2D eigenvalue weighted by Crippen LogP contribution is -2.65. The van der Waals surface area contributed by atoms with E-state index in [1.165, 1.54) is 83.5 Å². The molecule has 0 spiro atoms. The highest BCUT2D eigenvalue weighted by Crippen LogP contribution is 2.59. The predicted octanol–water partition coefficient (Wildman–Crippen LogP) is 5.68. The smallest absolute Gasteiger partial charge is 0.0558 e. The van der Waals surface area contributed by atoms with E-state index in [1.54, 1.807) is 0 Å². The molecule has 0 aromatic heterocycles. The second-order valence-electron chi connectivity index (χ2n) is 9.72. The van der Waals surface area contributed by atoms with Gasteiger partial charge in [-0.2, -0.15) is 0 Å². The SMILES string of the molecule is CCCCCCCCCCC(O)CC1(NC)C2CC3CC(C2)CC1C3. The topological polar surface area (TPSA) is 32.3 Å². The van der Waals surface area contributed by atoms with Crippen LogP contribution in [0.2, 0.25) is 0 Å². The lowest BCUT2D eigenvalue weighted by atomic mass is 9.47. The molecule has 146 valence electrons. The maximum Gasteiger partial charge on any atom is 0.0558 e. The number of aliphatic hydroxyl groups excluding tert-OH is 1. The third kappa shape index (κ3) is 4.61. The van der Waals surface area contributed by atoms with Gasteiger partial charge in [0.1, 0.15) is 0 Å². The highest BCUT2D eigenvalue weighted by molar-refractivity contribution is 5.11. The van der Waals surface area contributed by atoms with Gasteiger partial charge in [-0.05, 0) is 75.7 Å². The van der Waals surface area contributed by atoms with Crippen molar-refractivity contribution < 1.29 is 5.11 Å². The summed E-state index contributed by atoms with van der Waals surface area (Å²) in [7, 11) is 2.17. The molecule has 4 bridgehead atoms. The molecule has 0 saturated heterocycles. The van der Waals surface area contributed by atoms with Gasteiger partial charge in [0.2, 0.25) is 0 Å². The van der Waals surface area contributed by atoms with Gasteiger partial charge >= 0.3 is 0 Å². The minimum absolute atomic E-state index is 0.0925. The second kappa shape index (κ2) is 9.22. The quantitative estimate of drug-likeness (QED) is 0.444. The fraction of sp³-hybridized carbons (Fsp3) is 1.00. The molecule has 0 aromatic rings. The Hall–Kier alpha value is -0.0800. The maximum absolute atomic E-state index is 10.8. The molecule has 4 saturated carbocycles. The molecule has 0 aromatic carbocycles. The van der Waals surface area contributed by atoms with Crippen molar-refractivity contribution in [2.45, 2.75) is 115 Å². The Morgan fingerprint density at radius 2 is 1.36 bits per heavy atom. The summed E-state index contributed by atoms with van der Waals surface area (Å²) in [6.45, 7) is 2.28. The van der Waals surface area contributed by atoms with Crippen molar-refractivity contribution in [3.8, 4) is 0 Å². The molecule has 2 heteroatoms. The largest absolute Gasteiger partial charge is 0.393 e. The van der Waals surface area contributed by atoms with Gasteiger partial charge in [0.15, 0.2) is 0 Å². The molecule has 0 aliphatic heterocycles. The molecule has 0 heterocycles. The van der Waals surface area contributed by atoms with Crippen LogP contribution in [0.5, 0.6) is 0 Å². The van der Waals surface area contributed by atoms with Crippen molar-refractivity contribution in [1.82, 2.24) is 5.32 Å². The van der Waals surface area contributed by atoms with Crippen LogP contribution >= 0.6 is 0 Å². The van der Waals surface area contributed by atoms with E-state index in [1.807, 2.05) is 0 Å². The Morgan fingerprint density at radius 3 is 1.88 bits per heavy atom. The van der Waals surface area contributed by atoms with E-state index in [0.29, 0.717) is 0 Å². The van der Waals surface area contributed by atoms with Crippen LogP contribution in [0.25, 0.3) is 0 Å². The molecule has 2 N–H and O–H groups in total. The van der Waals surface area contributed by atoms with E-state index in [0.717, 1.165) is 36.5 Å². The number of hydrogen-bond donors (Lipinski definition) is 2. The molecule has 2 nitrogen and oxygen atoms in total. The Balaban J connectivity index is 1.37. The maximum atomic E-state index is 10.8. The molecular weight excluding hydrogens is 306 g/mol. The van der Waals surface area contributed by atoms with E-state index in [4.69, 9.17) is 0 Å². The average molecular weight is 350 g/mol. The standard InChI is InChI=1S/C23H43NO/c1-3-4-5-6-7-8-9-10-11-22(25)17-23(24-2)20-13-18-12-19(15-20)16-21(23)14-18/h18-22,24-25H,3-17H2,1-2H3. The molecule has 25 heavy (non-hydrogen) atoms. The van der Waals surface area contributed by atoms with E-state index < -0.39 is 0 Å². The highest BCUT2D eigenvalue weighted by atomic mass is 16.3. The molecule has 1 atom stereocenters. The van der Waals surface area contributed by atoms with Gasteiger partial charge in [0.25, 0.3) is 0 Å². The summed E-state index contributed by atoms with van der Waals surface area (Å²) < 4.78 is 0. The zero-order chi connectivity index (χ0) is 17.7. The summed E-state index contributed by atoms with van der Waals surface area (Å²) in [6, 6.07) is 0. The third-order valence-electron chi connectivity index (χ3n) is 8.02. The first-order chi connectivity index (χ1) is 12.2. The van der Waals surface area contributed by atoms with Crippen molar-refractivity contribution in [2.75, 3.05) is 7.05 Å². The zero-order valence-corrected chi connectivity index (χ0v) is 16.9. The Labute approximate surface area is 156 Å². The van der Waals surface area contributed by atoms with E-state index >= 15 is 0 Å². The van der Waals surface area contributed by atoms with Crippen LogP contribution in [0.4, 0.5) is 0 Å². The van der Waals surface area contributed by atoms with E-state index in [-0.39, 0.29) is 11.6 Å². The first-order valence-electron chi connectivity index (χ1n) is 11.5. The van der Waals surface area contributed by atoms with E-state index in [9.17, 15) is 5.11 Å². The number of aliphatic hydroxyl groups is 1. The molecule has 4 fully saturated rings. The summed E-state index contributed by atoms with van der Waals surface area (Å²) in [5, 5.41) is 14.5. The van der Waals surface area contributed by atoms with Crippen LogP contribution in [-0.2, 0) is 0 Å². The Bertz CT molecular complexity index is 366. The minimum Gasteiger partial charge on any atom is -0.393 e. The van der Waals surface area contributed by atoms with Gasteiger partial charge in [0.05, 0.1) is 6.10 Å². The van der Waals surface area contributed by atoms with Gasteiger partial charge in [-0.3, -0.25) is 0 Å². The van der Waals surface area contributed by atoms with Gasteiger partial charge < -0.3 is 10.4 Å². The molecule has 4 aliphatic carbocycles. The molecule has 0 radical (unpaired) electrons. The molecule has 0 amide bonds. The van der Waals surface area contributed by atoms with E-state index in [2.05, 4.69) is 19.3 Å². The fourth-order valence-electron chi connectivity index (χ4n) is 6.87. The summed E-state index contributed by atoms with van der Waals surface area (Å²) in [5.41, 5.74) is 0.257. The van der Waals surface area contributed by atoms with Crippen LogP contribution in [-0.4, -0.2) is 23.8 Å². The first kappa shape index (κ1) is 19.7. The normalized spacial score (nSPS) is 37.6. The van der Waals surface area contributed by atoms with Crippen LogP contribution in [0, 0.1) is 23.7 Å². The van der Waals surface area contributed by atoms with Gasteiger partial charge in [-0.25, -0.2) is 0 Å². The summed E-state index contributed by atoms with van der Waals surface area (Å²) >= 11 is 0. The summed E-state index contributed by atoms with van der Waals surface area (Å²) in [6.07, 6.45) is 20.0. The van der Waals surface area contributed by atoms with Gasteiger partial charge in [0, 0.05) is 5.54 Å². The lowest BCUT2D eigenvalue weighted by molar-refractivity contribution is -0.0894. The fourth-order valence-corrected chi connectivity index (χ4v) is 6.87. The van der Waals surface area contributed by atoms with Gasteiger partial charge in [-0.1, -0.05) is 58.3 Å². The van der Waals surface area contributed by atoms with Crippen LogP contribution in [0.3, 0.4) is 0 Å². The van der Waals surface area contributed by atoms with Gasteiger partial charge in [-0.15, -0.1) is 0 Å². The van der Waals surface area contributed by atoms with Crippen molar-refractivity contribution in [2.24, 2.45) is 23.7 Å². The third-order valence-corrected chi connectivity index (χ3v) is 8.02. The number of nitrogens with one attached hydrogen (secondary N) is 1. The number of rotatable bonds is 12.